The van der Waals surface area contributed by atoms with Crippen molar-refractivity contribution in [3.8, 4) is 16.9 Å². The zero-order chi connectivity index (χ0) is 11.4. The van der Waals surface area contributed by atoms with Crippen molar-refractivity contribution in [3.05, 3.63) is 54.1 Å². The molecule has 0 amide bonds. The van der Waals surface area contributed by atoms with Gasteiger partial charge in [0.1, 0.15) is 5.75 Å². The quantitative estimate of drug-likeness (QED) is 0.604. The van der Waals surface area contributed by atoms with Crippen LogP contribution in [0.4, 0.5) is 0 Å². The smallest absolute Gasteiger partial charge is 0.126 e. The summed E-state index contributed by atoms with van der Waals surface area (Å²) in [6.45, 7) is 0. The van der Waals surface area contributed by atoms with E-state index >= 15 is 0 Å². The zero-order valence-corrected chi connectivity index (χ0v) is 11.3. The highest BCUT2D eigenvalue weighted by Gasteiger charge is 2.05. The van der Waals surface area contributed by atoms with Gasteiger partial charge in [-0.25, -0.2) is 0 Å². The van der Waals surface area contributed by atoms with Gasteiger partial charge in [0.25, 0.3) is 0 Å². The summed E-state index contributed by atoms with van der Waals surface area (Å²) < 4.78 is 6.44. The first-order valence-electron chi connectivity index (χ1n) is 5.13. The number of alkyl halides is 1. The van der Waals surface area contributed by atoms with Crippen molar-refractivity contribution < 1.29 is 4.74 Å². The fourth-order valence-electron chi connectivity index (χ4n) is 1.67. The Bertz CT molecular complexity index is 465. The highest BCUT2D eigenvalue weighted by Crippen LogP contribution is 2.31. The molecular formula is C14H13IO. The molecule has 2 rings (SSSR count). The van der Waals surface area contributed by atoms with Gasteiger partial charge in [-0.2, -0.15) is 0 Å². The number of ether oxygens (including phenoxy) is 1. The molecule has 16 heavy (non-hydrogen) atoms. The van der Waals surface area contributed by atoms with E-state index in [9.17, 15) is 0 Å². The number of hydrogen-bond donors (Lipinski definition) is 0. The average Bonchev–Trinajstić information content (AvgIpc) is 2.39. The van der Waals surface area contributed by atoms with Gasteiger partial charge >= 0.3 is 0 Å². The van der Waals surface area contributed by atoms with Crippen molar-refractivity contribution in [1.29, 1.82) is 0 Å². The van der Waals surface area contributed by atoms with Gasteiger partial charge in [-0.3, -0.25) is 0 Å². The van der Waals surface area contributed by atoms with Crippen molar-refractivity contribution in [2.24, 2.45) is 0 Å². The molecule has 2 aromatic carbocycles. The molecule has 0 fully saturated rings. The minimum absolute atomic E-state index is 0.945. The molecule has 82 valence electrons. The second-order valence-electron chi connectivity index (χ2n) is 3.53. The summed E-state index contributed by atoms with van der Waals surface area (Å²) in [4.78, 5) is 0. The Kier molecular flexibility index (Phi) is 3.83. The minimum atomic E-state index is 0.945. The first-order valence-corrected chi connectivity index (χ1v) is 6.66. The molecule has 0 aromatic heterocycles. The summed E-state index contributed by atoms with van der Waals surface area (Å²) in [6, 6.07) is 16.7. The van der Waals surface area contributed by atoms with Gasteiger partial charge in [-0.05, 0) is 17.2 Å². The highest BCUT2D eigenvalue weighted by atomic mass is 127. The van der Waals surface area contributed by atoms with E-state index in [1.165, 1.54) is 11.1 Å². The molecule has 0 atom stereocenters. The SMILES string of the molecule is COc1cc(CI)ccc1-c1ccccc1. The van der Waals surface area contributed by atoms with E-state index in [2.05, 4.69) is 52.9 Å². The van der Waals surface area contributed by atoms with E-state index in [4.69, 9.17) is 4.74 Å². The fourth-order valence-corrected chi connectivity index (χ4v) is 2.15. The largest absolute Gasteiger partial charge is 0.496 e. The van der Waals surface area contributed by atoms with E-state index in [0.717, 1.165) is 15.7 Å². The Morgan fingerprint density at radius 3 is 2.44 bits per heavy atom. The topological polar surface area (TPSA) is 9.23 Å². The van der Waals surface area contributed by atoms with Gasteiger partial charge in [0.15, 0.2) is 0 Å². The van der Waals surface area contributed by atoms with Crippen LogP contribution in [-0.4, -0.2) is 7.11 Å². The van der Waals surface area contributed by atoms with Crippen molar-refractivity contribution in [2.45, 2.75) is 4.43 Å². The molecule has 0 spiro atoms. The molecule has 0 saturated carbocycles. The third kappa shape index (κ3) is 2.38. The summed E-state index contributed by atoms with van der Waals surface area (Å²) in [5, 5.41) is 0. The summed E-state index contributed by atoms with van der Waals surface area (Å²) in [6.07, 6.45) is 0. The third-order valence-corrected chi connectivity index (χ3v) is 3.39. The van der Waals surface area contributed by atoms with E-state index in [1.807, 2.05) is 18.2 Å². The van der Waals surface area contributed by atoms with Crippen LogP contribution in [0.2, 0.25) is 0 Å². The van der Waals surface area contributed by atoms with Crippen LogP contribution in [0.5, 0.6) is 5.75 Å². The Morgan fingerprint density at radius 1 is 1.06 bits per heavy atom. The Hall–Kier alpha value is -1.03. The lowest BCUT2D eigenvalue weighted by atomic mass is 10.0. The Morgan fingerprint density at radius 2 is 1.81 bits per heavy atom. The second kappa shape index (κ2) is 5.34. The Balaban J connectivity index is 2.49. The predicted octanol–water partition coefficient (Wildman–Crippen LogP) is 4.30. The molecule has 1 nitrogen and oxygen atoms in total. The van der Waals surface area contributed by atoms with E-state index in [0.29, 0.717) is 0 Å². The molecule has 2 heteroatoms. The molecule has 2 aromatic rings. The van der Waals surface area contributed by atoms with Gasteiger partial charge < -0.3 is 4.74 Å². The maximum absolute atomic E-state index is 5.44. The van der Waals surface area contributed by atoms with Crippen LogP contribution in [0.25, 0.3) is 11.1 Å². The average molecular weight is 324 g/mol. The second-order valence-corrected chi connectivity index (χ2v) is 4.30. The van der Waals surface area contributed by atoms with Crippen LogP contribution in [0.1, 0.15) is 5.56 Å². The van der Waals surface area contributed by atoms with Gasteiger partial charge in [0.05, 0.1) is 7.11 Å². The monoisotopic (exact) mass is 324 g/mol. The maximum atomic E-state index is 5.44. The molecule has 0 heterocycles. The van der Waals surface area contributed by atoms with Gasteiger partial charge in [0.2, 0.25) is 0 Å². The van der Waals surface area contributed by atoms with Gasteiger partial charge in [-0.1, -0.05) is 65.1 Å². The summed E-state index contributed by atoms with van der Waals surface area (Å²) in [7, 11) is 1.72. The predicted molar refractivity (Wildman–Crippen MR) is 76.2 cm³/mol. The normalized spacial score (nSPS) is 10.1. The van der Waals surface area contributed by atoms with Crippen LogP contribution in [0.15, 0.2) is 48.5 Å². The number of benzene rings is 2. The molecule has 0 unspecified atom stereocenters. The third-order valence-electron chi connectivity index (χ3n) is 2.51. The van der Waals surface area contributed by atoms with Crippen molar-refractivity contribution >= 4 is 22.6 Å². The van der Waals surface area contributed by atoms with Crippen LogP contribution in [0.3, 0.4) is 0 Å². The van der Waals surface area contributed by atoms with E-state index in [-0.39, 0.29) is 0 Å². The maximum Gasteiger partial charge on any atom is 0.126 e. The molecule has 0 aliphatic heterocycles. The molecular weight excluding hydrogens is 311 g/mol. The number of rotatable bonds is 3. The zero-order valence-electron chi connectivity index (χ0n) is 9.11. The van der Waals surface area contributed by atoms with E-state index < -0.39 is 0 Å². The molecule has 0 aliphatic carbocycles. The first kappa shape index (κ1) is 11.5. The lowest BCUT2D eigenvalue weighted by Crippen LogP contribution is -1.89. The molecule has 0 saturated heterocycles. The van der Waals surface area contributed by atoms with Crippen LogP contribution >= 0.6 is 22.6 Å². The Labute approximate surface area is 110 Å². The molecule has 0 aliphatic rings. The molecule has 0 bridgehead atoms. The minimum Gasteiger partial charge on any atom is -0.496 e. The highest BCUT2D eigenvalue weighted by molar-refractivity contribution is 14.1. The first-order chi connectivity index (χ1) is 7.85. The number of methoxy groups -OCH3 is 1. The van der Waals surface area contributed by atoms with E-state index in [1.54, 1.807) is 7.11 Å². The lowest BCUT2D eigenvalue weighted by molar-refractivity contribution is 0.416. The van der Waals surface area contributed by atoms with Crippen LogP contribution in [0, 0.1) is 0 Å². The number of hydrogen-bond acceptors (Lipinski definition) is 1. The van der Waals surface area contributed by atoms with Gasteiger partial charge in [-0.15, -0.1) is 0 Å². The van der Waals surface area contributed by atoms with Crippen molar-refractivity contribution in [1.82, 2.24) is 0 Å². The summed E-state index contributed by atoms with van der Waals surface area (Å²) in [5.41, 5.74) is 3.63. The van der Waals surface area contributed by atoms with Crippen molar-refractivity contribution in [3.63, 3.8) is 0 Å². The standard InChI is InChI=1S/C14H13IO/c1-16-14-9-11(10-15)7-8-13(14)12-5-3-2-4-6-12/h2-9H,10H2,1H3. The number of halogens is 1. The van der Waals surface area contributed by atoms with Crippen molar-refractivity contribution in [2.75, 3.05) is 7.11 Å². The molecule has 0 N–H and O–H groups in total. The lowest BCUT2D eigenvalue weighted by Gasteiger charge is -2.09. The molecule has 0 radical (unpaired) electrons. The summed E-state index contributed by atoms with van der Waals surface area (Å²) in [5.74, 6) is 0.945. The summed E-state index contributed by atoms with van der Waals surface area (Å²) >= 11 is 2.36. The van der Waals surface area contributed by atoms with Crippen LogP contribution < -0.4 is 4.74 Å². The van der Waals surface area contributed by atoms with Crippen LogP contribution in [-0.2, 0) is 4.43 Å². The fraction of sp³-hybridized carbons (Fsp3) is 0.143. The van der Waals surface area contributed by atoms with Gasteiger partial charge in [0, 0.05) is 9.99 Å².